The first-order valence-electron chi connectivity index (χ1n) is 6.90. The topological polar surface area (TPSA) is 101 Å². The molecule has 0 atom stereocenters. The monoisotopic (exact) mass is 311 g/mol. The maximum absolute atomic E-state index is 12.0. The zero-order valence-electron chi connectivity index (χ0n) is 12.1. The quantitative estimate of drug-likeness (QED) is 0.741. The zero-order valence-corrected chi connectivity index (χ0v) is 12.9. The maximum atomic E-state index is 12.0. The molecule has 0 spiro atoms. The largest absolute Gasteiger partial charge is 0.330 e. The second kappa shape index (κ2) is 6.03. The summed E-state index contributed by atoms with van der Waals surface area (Å²) in [5.41, 5.74) is 6.83. The maximum Gasteiger partial charge on any atom is 0.229 e. The molecule has 2 rings (SSSR count). The van der Waals surface area contributed by atoms with Crippen LogP contribution >= 0.6 is 0 Å². The van der Waals surface area contributed by atoms with Crippen molar-refractivity contribution in [2.75, 3.05) is 22.8 Å². The highest BCUT2D eigenvalue weighted by atomic mass is 32.2. The molecule has 1 fully saturated rings. The summed E-state index contributed by atoms with van der Waals surface area (Å²) in [6.07, 6.45) is 4.68. The van der Waals surface area contributed by atoms with Crippen molar-refractivity contribution >= 4 is 27.3 Å². The predicted octanol–water partition coefficient (Wildman–Crippen LogP) is 1.52. The minimum atomic E-state index is -3.29. The number of hydrogen-bond acceptors (Lipinski definition) is 4. The van der Waals surface area contributed by atoms with Crippen LogP contribution in [0, 0.1) is 5.41 Å². The lowest BCUT2D eigenvalue weighted by Crippen LogP contribution is -2.40. The van der Waals surface area contributed by atoms with Crippen molar-refractivity contribution in [3.8, 4) is 0 Å². The fraction of sp³-hybridized carbons (Fsp3) is 0.500. The van der Waals surface area contributed by atoms with E-state index in [0.29, 0.717) is 24.3 Å². The van der Waals surface area contributed by atoms with E-state index in [4.69, 9.17) is 5.73 Å². The predicted molar refractivity (Wildman–Crippen MR) is 83.5 cm³/mol. The number of sulfonamides is 1. The van der Waals surface area contributed by atoms with Gasteiger partial charge in [0.05, 0.1) is 6.26 Å². The molecular formula is C14H21N3O3S. The van der Waals surface area contributed by atoms with Gasteiger partial charge in [0.15, 0.2) is 0 Å². The molecule has 0 bridgehead atoms. The normalized spacial score (nSPS) is 16.9. The van der Waals surface area contributed by atoms with Crippen LogP contribution < -0.4 is 15.8 Å². The van der Waals surface area contributed by atoms with E-state index >= 15 is 0 Å². The second-order valence-electron chi connectivity index (χ2n) is 5.73. The third-order valence-corrected chi connectivity index (χ3v) is 4.46. The highest BCUT2D eigenvalue weighted by molar-refractivity contribution is 7.92. The third-order valence-electron chi connectivity index (χ3n) is 3.85. The Kier molecular flexibility index (Phi) is 4.53. The first-order chi connectivity index (χ1) is 9.82. The first-order valence-corrected chi connectivity index (χ1v) is 8.79. The van der Waals surface area contributed by atoms with Crippen molar-refractivity contribution < 1.29 is 13.2 Å². The zero-order chi connectivity index (χ0) is 15.5. The SMILES string of the molecule is CS(=O)(=O)Nc1ccc(NC(=O)CC2(CN)CCC2)cc1. The van der Waals surface area contributed by atoms with Crippen LogP contribution in [0.15, 0.2) is 24.3 Å². The average Bonchev–Trinajstić information content (AvgIpc) is 2.34. The van der Waals surface area contributed by atoms with Gasteiger partial charge in [0.25, 0.3) is 0 Å². The minimum absolute atomic E-state index is 0.0259. The molecule has 116 valence electrons. The lowest BCUT2D eigenvalue weighted by molar-refractivity contribution is -0.119. The van der Waals surface area contributed by atoms with Gasteiger partial charge >= 0.3 is 0 Å². The van der Waals surface area contributed by atoms with Gasteiger partial charge in [-0.15, -0.1) is 0 Å². The molecule has 0 aliphatic heterocycles. The van der Waals surface area contributed by atoms with Gasteiger partial charge in [-0.25, -0.2) is 8.42 Å². The molecule has 1 aromatic rings. The number of carbonyl (C=O) groups is 1. The highest BCUT2D eigenvalue weighted by Crippen LogP contribution is 2.43. The fourth-order valence-electron chi connectivity index (χ4n) is 2.51. The van der Waals surface area contributed by atoms with E-state index in [0.717, 1.165) is 25.5 Å². The van der Waals surface area contributed by atoms with Gasteiger partial charge in [-0.3, -0.25) is 9.52 Å². The molecule has 6 nitrogen and oxygen atoms in total. The number of benzene rings is 1. The van der Waals surface area contributed by atoms with E-state index in [1.165, 1.54) is 0 Å². The molecule has 0 heterocycles. The van der Waals surface area contributed by atoms with E-state index in [-0.39, 0.29) is 11.3 Å². The summed E-state index contributed by atoms with van der Waals surface area (Å²) in [6.45, 7) is 0.539. The smallest absolute Gasteiger partial charge is 0.229 e. The molecule has 1 aliphatic rings. The molecule has 1 saturated carbocycles. The average molecular weight is 311 g/mol. The Bertz CT molecular complexity index is 601. The van der Waals surface area contributed by atoms with Gasteiger partial charge in [-0.05, 0) is 49.1 Å². The van der Waals surface area contributed by atoms with E-state index in [9.17, 15) is 13.2 Å². The van der Waals surface area contributed by atoms with Gasteiger partial charge in [0, 0.05) is 17.8 Å². The molecule has 0 unspecified atom stereocenters. The van der Waals surface area contributed by atoms with Crippen molar-refractivity contribution in [2.24, 2.45) is 11.1 Å². The first kappa shape index (κ1) is 15.8. The number of carbonyl (C=O) groups excluding carboxylic acids is 1. The standard InChI is InChI=1S/C14H21N3O3S/c1-21(19,20)17-12-5-3-11(4-6-12)16-13(18)9-14(10-15)7-2-8-14/h3-6,17H,2,7-10,15H2,1H3,(H,16,18). The molecule has 0 radical (unpaired) electrons. The summed E-state index contributed by atoms with van der Waals surface area (Å²) in [7, 11) is -3.29. The number of rotatable bonds is 6. The van der Waals surface area contributed by atoms with Gasteiger partial charge in [0.1, 0.15) is 0 Å². The number of amides is 1. The fourth-order valence-corrected chi connectivity index (χ4v) is 3.08. The van der Waals surface area contributed by atoms with Crippen LogP contribution in [0.3, 0.4) is 0 Å². The van der Waals surface area contributed by atoms with Crippen molar-refractivity contribution in [2.45, 2.75) is 25.7 Å². The Morgan fingerprint density at radius 2 is 1.81 bits per heavy atom. The van der Waals surface area contributed by atoms with Gasteiger partial charge in [-0.2, -0.15) is 0 Å². The van der Waals surface area contributed by atoms with Crippen molar-refractivity contribution in [1.82, 2.24) is 0 Å². The third kappa shape index (κ3) is 4.44. The summed E-state index contributed by atoms with van der Waals surface area (Å²) in [4.78, 5) is 12.0. The molecule has 0 saturated heterocycles. The van der Waals surface area contributed by atoms with E-state index < -0.39 is 10.0 Å². The van der Waals surface area contributed by atoms with Crippen LogP contribution in [-0.4, -0.2) is 27.1 Å². The van der Waals surface area contributed by atoms with E-state index in [1.807, 2.05) is 0 Å². The molecular weight excluding hydrogens is 290 g/mol. The lowest BCUT2D eigenvalue weighted by Gasteiger charge is -2.40. The van der Waals surface area contributed by atoms with Gasteiger partial charge in [0.2, 0.25) is 15.9 Å². The summed E-state index contributed by atoms with van der Waals surface area (Å²) < 4.78 is 24.6. The van der Waals surface area contributed by atoms with Crippen LogP contribution in [-0.2, 0) is 14.8 Å². The molecule has 0 aromatic heterocycles. The molecule has 21 heavy (non-hydrogen) atoms. The van der Waals surface area contributed by atoms with E-state index in [2.05, 4.69) is 10.0 Å². The van der Waals surface area contributed by atoms with Crippen molar-refractivity contribution in [1.29, 1.82) is 0 Å². The van der Waals surface area contributed by atoms with Crippen LogP contribution in [0.1, 0.15) is 25.7 Å². The minimum Gasteiger partial charge on any atom is -0.330 e. The van der Waals surface area contributed by atoms with Crippen LogP contribution in [0.4, 0.5) is 11.4 Å². The molecule has 1 aliphatic carbocycles. The van der Waals surface area contributed by atoms with Crippen LogP contribution in [0.2, 0.25) is 0 Å². The summed E-state index contributed by atoms with van der Waals surface area (Å²) >= 11 is 0. The molecule has 1 amide bonds. The highest BCUT2D eigenvalue weighted by Gasteiger charge is 2.37. The molecule has 1 aromatic carbocycles. The Labute approximate surface area is 125 Å². The number of nitrogens with two attached hydrogens (primary N) is 1. The Balaban J connectivity index is 1.92. The summed E-state index contributed by atoms with van der Waals surface area (Å²) in [6, 6.07) is 6.56. The van der Waals surface area contributed by atoms with Crippen LogP contribution in [0.25, 0.3) is 0 Å². The number of nitrogens with one attached hydrogen (secondary N) is 2. The lowest BCUT2D eigenvalue weighted by atomic mass is 9.66. The Morgan fingerprint density at radius 1 is 1.24 bits per heavy atom. The Morgan fingerprint density at radius 3 is 2.24 bits per heavy atom. The van der Waals surface area contributed by atoms with Crippen molar-refractivity contribution in [3.63, 3.8) is 0 Å². The molecule has 4 N–H and O–H groups in total. The van der Waals surface area contributed by atoms with Gasteiger partial charge in [-0.1, -0.05) is 6.42 Å². The molecule has 7 heteroatoms. The van der Waals surface area contributed by atoms with Gasteiger partial charge < -0.3 is 11.1 Å². The van der Waals surface area contributed by atoms with E-state index in [1.54, 1.807) is 24.3 Å². The van der Waals surface area contributed by atoms with Crippen LogP contribution in [0.5, 0.6) is 0 Å². The summed E-state index contributed by atoms with van der Waals surface area (Å²) in [5.74, 6) is -0.0519. The second-order valence-corrected chi connectivity index (χ2v) is 7.48. The number of hydrogen-bond donors (Lipinski definition) is 3. The van der Waals surface area contributed by atoms with Crippen molar-refractivity contribution in [3.05, 3.63) is 24.3 Å². The summed E-state index contributed by atoms with van der Waals surface area (Å²) in [5, 5.41) is 2.82. The number of anilines is 2. The Hall–Kier alpha value is -1.60.